The molecular formula is C13H12ClN3O4. The lowest BCUT2D eigenvalue weighted by molar-refractivity contribution is -0.143. The van der Waals surface area contributed by atoms with E-state index in [9.17, 15) is 19.2 Å². The largest absolute Gasteiger partial charge is 0.334 e. The summed E-state index contributed by atoms with van der Waals surface area (Å²) in [6.07, 6.45) is 0. The number of likely N-dealkylation sites (N-methyl/N-ethyl adjacent to an activating group) is 1. The maximum atomic E-state index is 11.9. The molecule has 2 rings (SSSR count). The molecule has 1 saturated heterocycles. The van der Waals surface area contributed by atoms with Crippen LogP contribution in [0, 0.1) is 6.92 Å². The fraction of sp³-hybridized carbons (Fsp3) is 0.231. The number of nitrogens with one attached hydrogen (secondary N) is 1. The molecule has 0 atom stereocenters. The second kappa shape index (κ2) is 5.53. The number of aryl methyl sites for hydroxylation is 1. The third kappa shape index (κ3) is 2.87. The molecule has 21 heavy (non-hydrogen) atoms. The van der Waals surface area contributed by atoms with Crippen LogP contribution in [0.1, 0.15) is 5.56 Å². The first-order valence-electron chi connectivity index (χ1n) is 6.00. The van der Waals surface area contributed by atoms with Crippen molar-refractivity contribution in [2.24, 2.45) is 0 Å². The minimum Gasteiger partial charge on any atom is -0.324 e. The van der Waals surface area contributed by atoms with Crippen LogP contribution in [0.2, 0.25) is 5.02 Å². The number of hydrogen-bond donors (Lipinski definition) is 1. The second-order valence-electron chi connectivity index (χ2n) is 4.55. The van der Waals surface area contributed by atoms with Crippen LogP contribution in [0.25, 0.3) is 0 Å². The number of carbonyl (C=O) groups excluding carboxylic acids is 4. The van der Waals surface area contributed by atoms with E-state index in [-0.39, 0.29) is 0 Å². The Bertz CT molecular complexity index is 659. The van der Waals surface area contributed by atoms with E-state index in [1.54, 1.807) is 25.1 Å². The zero-order valence-corrected chi connectivity index (χ0v) is 12.1. The molecular weight excluding hydrogens is 298 g/mol. The normalized spacial score (nSPS) is 14.9. The molecule has 1 aromatic carbocycles. The predicted octanol–water partition coefficient (Wildman–Crippen LogP) is 1.01. The standard InChI is InChI=1S/C13H12ClN3O4/c1-7-3-4-8(14)5-9(7)15-10(18)6-17-12(20)11(19)16(2)13(17)21/h3-5H,6H2,1-2H3,(H,15,18). The lowest BCUT2D eigenvalue weighted by atomic mass is 10.2. The summed E-state index contributed by atoms with van der Waals surface area (Å²) in [6.45, 7) is 1.25. The summed E-state index contributed by atoms with van der Waals surface area (Å²) < 4.78 is 0. The number of carbonyl (C=O) groups is 4. The smallest absolute Gasteiger partial charge is 0.324 e. The number of halogens is 1. The Morgan fingerprint density at radius 2 is 1.90 bits per heavy atom. The van der Waals surface area contributed by atoms with Gasteiger partial charge in [0, 0.05) is 17.8 Å². The van der Waals surface area contributed by atoms with Crippen LogP contribution in [-0.2, 0) is 14.4 Å². The SMILES string of the molecule is Cc1ccc(Cl)cc1NC(=O)CN1C(=O)C(=O)N(C)C1=O. The van der Waals surface area contributed by atoms with Gasteiger partial charge in [0.2, 0.25) is 5.91 Å². The Morgan fingerprint density at radius 1 is 1.24 bits per heavy atom. The molecule has 0 saturated carbocycles. The van der Waals surface area contributed by atoms with E-state index in [2.05, 4.69) is 5.32 Å². The number of imide groups is 2. The quantitative estimate of drug-likeness (QED) is 0.667. The van der Waals surface area contributed by atoms with Crippen molar-refractivity contribution < 1.29 is 19.2 Å². The van der Waals surface area contributed by atoms with Crippen LogP contribution in [-0.4, -0.2) is 47.1 Å². The highest BCUT2D eigenvalue weighted by molar-refractivity contribution is 6.45. The van der Waals surface area contributed by atoms with Gasteiger partial charge in [0.05, 0.1) is 0 Å². The zero-order chi connectivity index (χ0) is 15.7. The molecule has 0 bridgehead atoms. The van der Waals surface area contributed by atoms with E-state index in [0.717, 1.165) is 5.56 Å². The van der Waals surface area contributed by atoms with Gasteiger partial charge in [-0.2, -0.15) is 0 Å². The van der Waals surface area contributed by atoms with Crippen molar-refractivity contribution >= 4 is 41.0 Å². The van der Waals surface area contributed by atoms with Crippen molar-refractivity contribution in [1.29, 1.82) is 0 Å². The van der Waals surface area contributed by atoms with Crippen molar-refractivity contribution in [2.45, 2.75) is 6.92 Å². The van der Waals surface area contributed by atoms with Gasteiger partial charge in [0.1, 0.15) is 6.54 Å². The van der Waals surface area contributed by atoms with Crippen LogP contribution in [0.5, 0.6) is 0 Å². The van der Waals surface area contributed by atoms with E-state index in [1.165, 1.54) is 7.05 Å². The van der Waals surface area contributed by atoms with E-state index in [1.807, 2.05) is 0 Å². The molecule has 1 aliphatic heterocycles. The van der Waals surface area contributed by atoms with Crippen LogP contribution in [0.4, 0.5) is 10.5 Å². The fourth-order valence-corrected chi connectivity index (χ4v) is 1.99. The van der Waals surface area contributed by atoms with Crippen LogP contribution in [0.3, 0.4) is 0 Å². The molecule has 0 radical (unpaired) electrons. The Labute approximate surface area is 125 Å². The van der Waals surface area contributed by atoms with Gasteiger partial charge >= 0.3 is 17.8 Å². The first-order chi connectivity index (χ1) is 9.81. The molecule has 7 nitrogen and oxygen atoms in total. The fourth-order valence-electron chi connectivity index (χ4n) is 1.82. The molecule has 5 amide bonds. The summed E-state index contributed by atoms with van der Waals surface area (Å²) >= 11 is 5.83. The van der Waals surface area contributed by atoms with Gasteiger partial charge in [-0.1, -0.05) is 17.7 Å². The highest BCUT2D eigenvalue weighted by Crippen LogP contribution is 2.20. The number of anilines is 1. The van der Waals surface area contributed by atoms with Crippen LogP contribution in [0.15, 0.2) is 18.2 Å². The molecule has 1 N–H and O–H groups in total. The van der Waals surface area contributed by atoms with E-state index in [4.69, 9.17) is 11.6 Å². The van der Waals surface area contributed by atoms with Gasteiger partial charge in [-0.3, -0.25) is 19.3 Å². The van der Waals surface area contributed by atoms with Gasteiger partial charge in [0.15, 0.2) is 0 Å². The monoisotopic (exact) mass is 309 g/mol. The number of hydrogen-bond acceptors (Lipinski definition) is 4. The first kappa shape index (κ1) is 15.0. The van der Waals surface area contributed by atoms with Gasteiger partial charge in [-0.15, -0.1) is 0 Å². The van der Waals surface area contributed by atoms with Crippen molar-refractivity contribution in [2.75, 3.05) is 18.9 Å². The Hall–Kier alpha value is -2.41. The maximum Gasteiger partial charge on any atom is 0.334 e. The topological polar surface area (TPSA) is 86.8 Å². The van der Waals surface area contributed by atoms with Gasteiger partial charge in [0.25, 0.3) is 0 Å². The number of nitrogens with zero attached hydrogens (tertiary/aromatic N) is 2. The summed E-state index contributed by atoms with van der Waals surface area (Å²) in [5.74, 6) is -2.56. The lowest BCUT2D eigenvalue weighted by Crippen LogP contribution is -2.38. The summed E-state index contributed by atoms with van der Waals surface area (Å²) in [6, 6.07) is 4.14. The molecule has 0 unspecified atom stereocenters. The Balaban J connectivity index is 2.09. The number of rotatable bonds is 3. The van der Waals surface area contributed by atoms with Crippen molar-refractivity contribution in [3.8, 4) is 0 Å². The molecule has 8 heteroatoms. The molecule has 1 fully saturated rings. The average Bonchev–Trinajstić information content (AvgIpc) is 2.61. The third-order valence-corrected chi connectivity index (χ3v) is 3.26. The van der Waals surface area contributed by atoms with Crippen molar-refractivity contribution in [1.82, 2.24) is 9.80 Å². The molecule has 110 valence electrons. The first-order valence-corrected chi connectivity index (χ1v) is 6.38. The molecule has 1 aromatic rings. The number of benzene rings is 1. The second-order valence-corrected chi connectivity index (χ2v) is 4.98. The van der Waals surface area contributed by atoms with Gasteiger partial charge in [-0.05, 0) is 24.6 Å². The summed E-state index contributed by atoms with van der Waals surface area (Å²) in [5.41, 5.74) is 1.26. The van der Waals surface area contributed by atoms with Crippen LogP contribution >= 0.6 is 11.6 Å². The summed E-state index contributed by atoms with van der Waals surface area (Å²) in [4.78, 5) is 47.7. The minimum absolute atomic E-state index is 0.444. The zero-order valence-electron chi connectivity index (χ0n) is 11.3. The number of amides is 5. The minimum atomic E-state index is -1.01. The molecule has 0 spiro atoms. The summed E-state index contributed by atoms with van der Waals surface area (Å²) in [7, 11) is 1.18. The van der Waals surface area contributed by atoms with Crippen LogP contribution < -0.4 is 5.32 Å². The molecule has 1 aliphatic rings. The Kier molecular flexibility index (Phi) is 3.95. The van der Waals surface area contributed by atoms with E-state index in [0.29, 0.717) is 20.5 Å². The maximum absolute atomic E-state index is 11.9. The lowest BCUT2D eigenvalue weighted by Gasteiger charge is -2.14. The summed E-state index contributed by atoms with van der Waals surface area (Å²) in [5, 5.41) is 2.99. The van der Waals surface area contributed by atoms with Gasteiger partial charge < -0.3 is 5.32 Å². The number of urea groups is 1. The predicted molar refractivity (Wildman–Crippen MR) is 74.7 cm³/mol. The van der Waals surface area contributed by atoms with E-state index >= 15 is 0 Å². The molecule has 0 aliphatic carbocycles. The van der Waals surface area contributed by atoms with Crippen molar-refractivity contribution in [3.05, 3.63) is 28.8 Å². The molecule has 0 aromatic heterocycles. The average molecular weight is 310 g/mol. The third-order valence-electron chi connectivity index (χ3n) is 3.03. The highest BCUT2D eigenvalue weighted by atomic mass is 35.5. The van der Waals surface area contributed by atoms with Crippen molar-refractivity contribution in [3.63, 3.8) is 0 Å². The van der Waals surface area contributed by atoms with Gasteiger partial charge in [-0.25, -0.2) is 9.69 Å². The van der Waals surface area contributed by atoms with E-state index < -0.39 is 30.3 Å². The highest BCUT2D eigenvalue weighted by Gasteiger charge is 2.42. The Morgan fingerprint density at radius 3 is 2.48 bits per heavy atom. The molecule has 1 heterocycles.